The van der Waals surface area contributed by atoms with E-state index in [9.17, 15) is 9.59 Å². The zero-order valence-electron chi connectivity index (χ0n) is 8.63. The van der Waals surface area contributed by atoms with Crippen LogP contribution in [0.1, 0.15) is 32.3 Å². The quantitative estimate of drug-likeness (QED) is 0.640. The summed E-state index contributed by atoms with van der Waals surface area (Å²) in [6, 6.07) is 0. The first-order valence-corrected chi connectivity index (χ1v) is 4.61. The molecule has 1 N–H and O–H groups in total. The van der Waals surface area contributed by atoms with Gasteiger partial charge in [-0.25, -0.2) is 4.79 Å². The first-order chi connectivity index (χ1) is 6.49. The van der Waals surface area contributed by atoms with Crippen LogP contribution in [-0.4, -0.2) is 17.4 Å². The predicted octanol–water partition coefficient (Wildman–Crippen LogP) is -0.526. The third-order valence-electron chi connectivity index (χ3n) is 2.17. The molecule has 0 bridgehead atoms. The Bertz CT molecular complexity index is 445. The lowest BCUT2D eigenvalue weighted by atomic mass is 9.91. The van der Waals surface area contributed by atoms with Crippen LogP contribution in [0.3, 0.4) is 0 Å². The Morgan fingerprint density at radius 3 is 2.43 bits per heavy atom. The van der Waals surface area contributed by atoms with E-state index < -0.39 is 5.69 Å². The number of hydrogen-bond acceptors (Lipinski definition) is 2. The van der Waals surface area contributed by atoms with Crippen molar-refractivity contribution in [3.63, 3.8) is 0 Å². The Labute approximate surface area is 83.4 Å². The van der Waals surface area contributed by atoms with Crippen LogP contribution in [0.5, 0.6) is 0 Å². The van der Waals surface area contributed by atoms with Gasteiger partial charge in [-0.2, -0.15) is 0 Å². The minimum absolute atomic E-state index is 0.0112. The number of H-pyrrole nitrogens is 1. The highest BCUT2D eigenvalue weighted by atomic mass is 16.2. The van der Waals surface area contributed by atoms with Crippen molar-refractivity contribution in [2.24, 2.45) is 0 Å². The van der Waals surface area contributed by atoms with Crippen molar-refractivity contribution >= 4 is 13.4 Å². The van der Waals surface area contributed by atoms with E-state index in [1.54, 1.807) is 6.92 Å². The summed E-state index contributed by atoms with van der Waals surface area (Å²) >= 11 is 0. The van der Waals surface area contributed by atoms with Gasteiger partial charge in [-0.3, -0.25) is 9.78 Å². The van der Waals surface area contributed by atoms with E-state index in [4.69, 9.17) is 7.85 Å². The molecule has 0 saturated heterocycles. The lowest BCUT2D eigenvalue weighted by molar-refractivity contribution is 0.693. The summed E-state index contributed by atoms with van der Waals surface area (Å²) in [6.07, 6.45) is 0. The maximum Gasteiger partial charge on any atom is 0.327 e. The Balaban J connectivity index is 3.61. The maximum atomic E-state index is 11.4. The molecule has 0 aliphatic carbocycles. The predicted molar refractivity (Wildman–Crippen MR) is 56.5 cm³/mol. The van der Waals surface area contributed by atoms with Gasteiger partial charge in [-0.1, -0.05) is 13.8 Å². The van der Waals surface area contributed by atoms with Crippen LogP contribution < -0.4 is 16.8 Å². The smallest absolute Gasteiger partial charge is 0.308 e. The van der Waals surface area contributed by atoms with Crippen LogP contribution in [0, 0.1) is 0 Å². The van der Waals surface area contributed by atoms with E-state index in [2.05, 4.69) is 4.98 Å². The first-order valence-electron chi connectivity index (χ1n) is 4.61. The molecule has 0 amide bonds. The van der Waals surface area contributed by atoms with Crippen LogP contribution >= 0.6 is 0 Å². The highest BCUT2D eigenvalue weighted by Crippen LogP contribution is 2.03. The molecular formula is C9H13BN2O2. The van der Waals surface area contributed by atoms with Gasteiger partial charge in [0.15, 0.2) is 0 Å². The lowest BCUT2D eigenvalue weighted by Gasteiger charge is -2.13. The van der Waals surface area contributed by atoms with E-state index in [1.165, 1.54) is 4.57 Å². The Morgan fingerprint density at radius 2 is 2.00 bits per heavy atom. The maximum absolute atomic E-state index is 11.4. The molecule has 0 fully saturated rings. The fourth-order valence-corrected chi connectivity index (χ4v) is 1.47. The Morgan fingerprint density at radius 1 is 1.43 bits per heavy atom. The number of hydrogen-bond donors (Lipinski definition) is 1. The standard InChI is InChI=1S/C9H13BN2O2/c1-4-12-7(10)6(5(2)3)8(13)11-9(12)14/h5H,4H2,1-3H3,(H,11,13,14). The molecule has 14 heavy (non-hydrogen) atoms. The zero-order valence-corrected chi connectivity index (χ0v) is 8.63. The van der Waals surface area contributed by atoms with Crippen molar-refractivity contribution in [2.75, 3.05) is 0 Å². The van der Waals surface area contributed by atoms with Crippen LogP contribution in [0.15, 0.2) is 9.59 Å². The molecule has 0 saturated carbocycles. The third-order valence-corrected chi connectivity index (χ3v) is 2.17. The molecule has 0 spiro atoms. The summed E-state index contributed by atoms with van der Waals surface area (Å²) in [5.74, 6) is 0.0112. The Kier molecular flexibility index (Phi) is 2.98. The van der Waals surface area contributed by atoms with Crippen LogP contribution in [0.4, 0.5) is 0 Å². The molecule has 1 aromatic rings. The minimum Gasteiger partial charge on any atom is -0.308 e. The van der Waals surface area contributed by atoms with E-state index in [1.807, 2.05) is 13.8 Å². The van der Waals surface area contributed by atoms with Crippen LogP contribution in [0.25, 0.3) is 0 Å². The molecule has 0 unspecified atom stereocenters. The summed E-state index contributed by atoms with van der Waals surface area (Å²) in [6.45, 7) is 6.00. The van der Waals surface area contributed by atoms with Crippen molar-refractivity contribution in [3.05, 3.63) is 26.4 Å². The molecule has 2 radical (unpaired) electrons. The zero-order chi connectivity index (χ0) is 10.9. The van der Waals surface area contributed by atoms with Gasteiger partial charge in [-0.15, -0.1) is 0 Å². The number of rotatable bonds is 2. The summed E-state index contributed by atoms with van der Waals surface area (Å²) in [4.78, 5) is 25.0. The lowest BCUT2D eigenvalue weighted by Crippen LogP contribution is -2.44. The summed E-state index contributed by atoms with van der Waals surface area (Å²) < 4.78 is 1.36. The van der Waals surface area contributed by atoms with E-state index in [0.29, 0.717) is 12.1 Å². The van der Waals surface area contributed by atoms with E-state index in [-0.39, 0.29) is 17.1 Å². The molecule has 0 aromatic carbocycles. The highest BCUT2D eigenvalue weighted by Gasteiger charge is 2.12. The molecular weight excluding hydrogens is 179 g/mol. The van der Waals surface area contributed by atoms with Crippen LogP contribution in [0.2, 0.25) is 0 Å². The van der Waals surface area contributed by atoms with Gasteiger partial charge in [0, 0.05) is 12.1 Å². The van der Waals surface area contributed by atoms with Crippen molar-refractivity contribution in [2.45, 2.75) is 33.2 Å². The number of nitrogens with zero attached hydrogens (tertiary/aromatic N) is 1. The second-order valence-electron chi connectivity index (χ2n) is 3.46. The van der Waals surface area contributed by atoms with E-state index in [0.717, 1.165) is 0 Å². The SMILES string of the molecule is [B]c1c(C(C)C)c(=O)[nH]c(=O)n1CC. The van der Waals surface area contributed by atoms with E-state index >= 15 is 0 Å². The third kappa shape index (κ3) is 1.67. The first kappa shape index (κ1) is 10.8. The van der Waals surface area contributed by atoms with Crippen molar-refractivity contribution in [1.82, 2.24) is 9.55 Å². The van der Waals surface area contributed by atoms with Gasteiger partial charge < -0.3 is 4.57 Å². The second kappa shape index (κ2) is 3.86. The van der Waals surface area contributed by atoms with Gasteiger partial charge in [0.05, 0.1) is 0 Å². The molecule has 4 nitrogen and oxygen atoms in total. The van der Waals surface area contributed by atoms with Gasteiger partial charge in [0.1, 0.15) is 7.85 Å². The summed E-state index contributed by atoms with van der Waals surface area (Å²) in [5, 5.41) is 0. The average molecular weight is 192 g/mol. The number of aromatic amines is 1. The minimum atomic E-state index is -0.445. The molecule has 0 atom stereocenters. The molecule has 0 aliphatic heterocycles. The Hall–Kier alpha value is -1.26. The molecule has 5 heteroatoms. The van der Waals surface area contributed by atoms with Gasteiger partial charge in [0.2, 0.25) is 0 Å². The van der Waals surface area contributed by atoms with Gasteiger partial charge >= 0.3 is 5.69 Å². The van der Waals surface area contributed by atoms with Crippen LogP contribution in [-0.2, 0) is 6.54 Å². The summed E-state index contributed by atoms with van der Waals surface area (Å²) in [5.41, 5.74) is -0.0747. The topological polar surface area (TPSA) is 54.9 Å². The summed E-state index contributed by atoms with van der Waals surface area (Å²) in [7, 11) is 5.74. The number of aromatic nitrogens is 2. The molecule has 74 valence electrons. The molecule has 1 rings (SSSR count). The fraction of sp³-hybridized carbons (Fsp3) is 0.556. The second-order valence-corrected chi connectivity index (χ2v) is 3.46. The fourth-order valence-electron chi connectivity index (χ4n) is 1.47. The highest BCUT2D eigenvalue weighted by molar-refractivity contribution is 6.31. The van der Waals surface area contributed by atoms with Crippen molar-refractivity contribution < 1.29 is 0 Å². The van der Waals surface area contributed by atoms with Gasteiger partial charge in [0.25, 0.3) is 5.56 Å². The largest absolute Gasteiger partial charge is 0.327 e. The normalized spacial score (nSPS) is 10.9. The molecule has 1 aromatic heterocycles. The van der Waals surface area contributed by atoms with Crippen molar-refractivity contribution in [1.29, 1.82) is 0 Å². The average Bonchev–Trinajstić information content (AvgIpc) is 2.02. The molecule has 0 aliphatic rings. The number of nitrogens with one attached hydrogen (secondary N) is 1. The van der Waals surface area contributed by atoms with Gasteiger partial charge in [-0.05, 0) is 18.4 Å². The van der Waals surface area contributed by atoms with Crippen molar-refractivity contribution in [3.8, 4) is 0 Å². The monoisotopic (exact) mass is 192 g/mol. The molecule has 1 heterocycles.